The first-order chi connectivity index (χ1) is 8.72. The summed E-state index contributed by atoms with van der Waals surface area (Å²) in [5.41, 5.74) is 2.05. The van der Waals surface area contributed by atoms with Crippen LogP contribution in [0.2, 0.25) is 0 Å². The molecule has 1 fully saturated rings. The number of hydrogen-bond donors (Lipinski definition) is 2. The first-order valence-electron chi connectivity index (χ1n) is 5.92. The lowest BCUT2D eigenvalue weighted by atomic mass is 9.89. The van der Waals surface area contributed by atoms with E-state index in [0.29, 0.717) is 23.9 Å². The molecule has 2 N–H and O–H groups in total. The van der Waals surface area contributed by atoms with Crippen LogP contribution in [0.5, 0.6) is 0 Å². The molecule has 18 heavy (non-hydrogen) atoms. The molecule has 3 rings (SSSR count). The summed E-state index contributed by atoms with van der Waals surface area (Å²) < 4.78 is 0. The van der Waals surface area contributed by atoms with E-state index in [1.54, 1.807) is 30.6 Å². The van der Waals surface area contributed by atoms with E-state index in [1.807, 2.05) is 0 Å². The monoisotopic (exact) mass is 243 g/mol. The number of aliphatic hydroxyl groups excluding tert-OH is 1. The zero-order chi connectivity index (χ0) is 12.5. The van der Waals surface area contributed by atoms with Gasteiger partial charge in [0.05, 0.1) is 17.1 Å². The SMILES string of the molecule is O=C(NC1CC(O)C1)c1ccc2nccnc2c1. The van der Waals surface area contributed by atoms with E-state index in [0.717, 1.165) is 5.52 Å². The second-order valence-electron chi connectivity index (χ2n) is 4.56. The van der Waals surface area contributed by atoms with Crippen molar-refractivity contribution in [2.75, 3.05) is 0 Å². The topological polar surface area (TPSA) is 75.1 Å². The average Bonchev–Trinajstić information content (AvgIpc) is 2.36. The van der Waals surface area contributed by atoms with Gasteiger partial charge in [-0.1, -0.05) is 0 Å². The number of benzene rings is 1. The summed E-state index contributed by atoms with van der Waals surface area (Å²) in [7, 11) is 0. The van der Waals surface area contributed by atoms with Crippen LogP contribution in [0, 0.1) is 0 Å². The fourth-order valence-corrected chi connectivity index (χ4v) is 2.08. The molecule has 0 aliphatic heterocycles. The van der Waals surface area contributed by atoms with E-state index in [9.17, 15) is 9.90 Å². The predicted octanol–water partition coefficient (Wildman–Crippen LogP) is 0.883. The summed E-state index contributed by atoms with van der Waals surface area (Å²) >= 11 is 0. The van der Waals surface area contributed by atoms with E-state index < -0.39 is 0 Å². The van der Waals surface area contributed by atoms with Crippen molar-refractivity contribution < 1.29 is 9.90 Å². The van der Waals surface area contributed by atoms with Crippen molar-refractivity contribution in [3.63, 3.8) is 0 Å². The molecule has 1 aliphatic carbocycles. The predicted molar refractivity (Wildman–Crippen MR) is 66.0 cm³/mol. The molecule has 92 valence electrons. The van der Waals surface area contributed by atoms with Gasteiger partial charge in [0.15, 0.2) is 0 Å². The Morgan fingerprint density at radius 1 is 1.22 bits per heavy atom. The lowest BCUT2D eigenvalue weighted by molar-refractivity contribution is 0.0563. The van der Waals surface area contributed by atoms with Gasteiger partial charge in [-0.05, 0) is 31.0 Å². The number of amides is 1. The minimum atomic E-state index is -0.266. The average molecular weight is 243 g/mol. The number of hydrogen-bond acceptors (Lipinski definition) is 4. The highest BCUT2D eigenvalue weighted by Crippen LogP contribution is 2.20. The van der Waals surface area contributed by atoms with Crippen molar-refractivity contribution in [3.8, 4) is 0 Å². The third-order valence-corrected chi connectivity index (χ3v) is 3.18. The molecule has 1 heterocycles. The number of aliphatic hydroxyl groups is 1. The lowest BCUT2D eigenvalue weighted by Gasteiger charge is -2.31. The Morgan fingerprint density at radius 2 is 1.94 bits per heavy atom. The molecule has 5 heteroatoms. The molecule has 0 saturated heterocycles. The van der Waals surface area contributed by atoms with Gasteiger partial charge in [0.2, 0.25) is 0 Å². The highest BCUT2D eigenvalue weighted by molar-refractivity contribution is 5.97. The molecular weight excluding hydrogens is 230 g/mol. The van der Waals surface area contributed by atoms with Gasteiger partial charge in [0.25, 0.3) is 5.91 Å². The number of carbonyl (C=O) groups is 1. The van der Waals surface area contributed by atoms with Crippen LogP contribution in [0.3, 0.4) is 0 Å². The van der Waals surface area contributed by atoms with Crippen LogP contribution in [0.4, 0.5) is 0 Å². The van der Waals surface area contributed by atoms with Gasteiger partial charge >= 0.3 is 0 Å². The molecule has 0 spiro atoms. The van der Waals surface area contributed by atoms with Gasteiger partial charge in [-0.2, -0.15) is 0 Å². The molecule has 5 nitrogen and oxygen atoms in total. The number of aromatic nitrogens is 2. The summed E-state index contributed by atoms with van der Waals surface area (Å²) in [6, 6.07) is 5.34. The molecule has 1 aromatic heterocycles. The molecule has 0 radical (unpaired) electrons. The van der Waals surface area contributed by atoms with E-state index in [4.69, 9.17) is 0 Å². The van der Waals surface area contributed by atoms with Crippen molar-refractivity contribution in [1.29, 1.82) is 0 Å². The van der Waals surface area contributed by atoms with Crippen molar-refractivity contribution in [2.45, 2.75) is 25.0 Å². The van der Waals surface area contributed by atoms with E-state index in [-0.39, 0.29) is 18.1 Å². The minimum absolute atomic E-state index is 0.0880. The molecule has 2 aromatic rings. The van der Waals surface area contributed by atoms with Gasteiger partial charge in [0, 0.05) is 24.0 Å². The normalized spacial score (nSPS) is 22.5. The summed E-state index contributed by atoms with van der Waals surface area (Å²) in [5, 5.41) is 12.1. The molecule has 0 unspecified atom stereocenters. The summed E-state index contributed by atoms with van der Waals surface area (Å²) in [6.07, 6.45) is 4.24. The van der Waals surface area contributed by atoms with Crippen molar-refractivity contribution >= 4 is 16.9 Å². The summed E-state index contributed by atoms with van der Waals surface area (Å²) in [4.78, 5) is 20.3. The molecule has 1 aromatic carbocycles. The molecule has 0 atom stereocenters. The molecule has 1 aliphatic rings. The third kappa shape index (κ3) is 2.04. The van der Waals surface area contributed by atoms with Crippen LogP contribution in [0.15, 0.2) is 30.6 Å². The standard InChI is InChI=1S/C13H13N3O2/c17-10-6-9(7-10)16-13(18)8-1-2-11-12(5-8)15-4-3-14-11/h1-5,9-10,17H,6-7H2,(H,16,18). The highest BCUT2D eigenvalue weighted by atomic mass is 16.3. The smallest absolute Gasteiger partial charge is 0.251 e. The quantitative estimate of drug-likeness (QED) is 0.821. The second kappa shape index (κ2) is 4.34. The maximum Gasteiger partial charge on any atom is 0.251 e. The van der Waals surface area contributed by atoms with Crippen LogP contribution in [-0.2, 0) is 0 Å². The first-order valence-corrected chi connectivity index (χ1v) is 5.92. The zero-order valence-corrected chi connectivity index (χ0v) is 9.71. The Kier molecular flexibility index (Phi) is 2.68. The Labute approximate surface area is 104 Å². The van der Waals surface area contributed by atoms with Crippen molar-refractivity contribution in [2.24, 2.45) is 0 Å². The van der Waals surface area contributed by atoms with E-state index in [2.05, 4.69) is 15.3 Å². The van der Waals surface area contributed by atoms with Gasteiger partial charge in [0.1, 0.15) is 0 Å². The largest absolute Gasteiger partial charge is 0.393 e. The minimum Gasteiger partial charge on any atom is -0.393 e. The maximum absolute atomic E-state index is 12.0. The number of nitrogens with zero attached hydrogens (tertiary/aromatic N) is 2. The van der Waals surface area contributed by atoms with E-state index in [1.165, 1.54) is 0 Å². The highest BCUT2D eigenvalue weighted by Gasteiger charge is 2.28. The van der Waals surface area contributed by atoms with Gasteiger partial charge in [-0.15, -0.1) is 0 Å². The Balaban J connectivity index is 1.79. The maximum atomic E-state index is 12.0. The second-order valence-corrected chi connectivity index (χ2v) is 4.56. The fourth-order valence-electron chi connectivity index (χ4n) is 2.08. The zero-order valence-electron chi connectivity index (χ0n) is 9.71. The molecular formula is C13H13N3O2. The molecule has 1 amide bonds. The molecule has 1 saturated carbocycles. The Bertz CT molecular complexity index is 594. The van der Waals surface area contributed by atoms with Crippen LogP contribution < -0.4 is 5.32 Å². The van der Waals surface area contributed by atoms with Gasteiger partial charge in [-0.25, -0.2) is 0 Å². The van der Waals surface area contributed by atoms with Crippen LogP contribution in [0.25, 0.3) is 11.0 Å². The number of fused-ring (bicyclic) bond motifs is 1. The van der Waals surface area contributed by atoms with Crippen LogP contribution in [-0.4, -0.2) is 33.1 Å². The third-order valence-electron chi connectivity index (χ3n) is 3.18. The van der Waals surface area contributed by atoms with Crippen LogP contribution in [0.1, 0.15) is 23.2 Å². The number of carbonyl (C=O) groups excluding carboxylic acids is 1. The first kappa shape index (κ1) is 11.1. The Hall–Kier alpha value is -2.01. The van der Waals surface area contributed by atoms with Crippen molar-refractivity contribution in [3.05, 3.63) is 36.2 Å². The number of rotatable bonds is 2. The van der Waals surface area contributed by atoms with Gasteiger partial charge < -0.3 is 10.4 Å². The lowest BCUT2D eigenvalue weighted by Crippen LogP contribution is -2.46. The van der Waals surface area contributed by atoms with E-state index >= 15 is 0 Å². The fraction of sp³-hybridized carbons (Fsp3) is 0.308. The Morgan fingerprint density at radius 3 is 2.67 bits per heavy atom. The van der Waals surface area contributed by atoms with Crippen molar-refractivity contribution in [1.82, 2.24) is 15.3 Å². The number of nitrogens with one attached hydrogen (secondary N) is 1. The van der Waals surface area contributed by atoms with Crippen LogP contribution >= 0.6 is 0 Å². The molecule has 0 bridgehead atoms. The summed E-state index contributed by atoms with van der Waals surface area (Å²) in [5.74, 6) is -0.126. The van der Waals surface area contributed by atoms with Gasteiger partial charge in [-0.3, -0.25) is 14.8 Å². The summed E-state index contributed by atoms with van der Waals surface area (Å²) in [6.45, 7) is 0.